The number of benzene rings is 1. The first-order valence-corrected chi connectivity index (χ1v) is 7.79. The molecule has 1 aromatic carbocycles. The summed E-state index contributed by atoms with van der Waals surface area (Å²) in [5.41, 5.74) is 2.25. The normalized spacial score (nSPS) is 10.7. The molecule has 0 fully saturated rings. The molecule has 0 bridgehead atoms. The van der Waals surface area contributed by atoms with Gasteiger partial charge in [-0.05, 0) is 30.7 Å². The van der Waals surface area contributed by atoms with Gasteiger partial charge in [0.15, 0.2) is 5.96 Å². The maximum absolute atomic E-state index is 5.76. The quantitative estimate of drug-likeness (QED) is 0.228. The molecule has 5 nitrogen and oxygen atoms in total. The Morgan fingerprint density at radius 1 is 1.17 bits per heavy atom. The standard InChI is InChI=1S/C17H21ClN4O.HI/c1-13-3-6-15(7-4-13)23-10-9-20-17(19-2)22-12-14-5-8-16(18)21-11-14;/h3-8,11H,9-10,12H2,1-2H3,(H2,19,20,22);1H. The highest BCUT2D eigenvalue weighted by atomic mass is 127. The fourth-order valence-corrected chi connectivity index (χ4v) is 2.00. The molecule has 0 radical (unpaired) electrons. The van der Waals surface area contributed by atoms with Crippen molar-refractivity contribution < 1.29 is 4.74 Å². The number of nitrogens with one attached hydrogen (secondary N) is 2. The van der Waals surface area contributed by atoms with E-state index in [1.165, 1.54) is 5.56 Å². The maximum Gasteiger partial charge on any atom is 0.191 e. The molecule has 0 atom stereocenters. The van der Waals surface area contributed by atoms with E-state index in [-0.39, 0.29) is 24.0 Å². The van der Waals surface area contributed by atoms with Crippen LogP contribution in [0, 0.1) is 6.92 Å². The van der Waals surface area contributed by atoms with E-state index in [9.17, 15) is 0 Å². The van der Waals surface area contributed by atoms with Crippen molar-refractivity contribution >= 4 is 41.5 Å². The molecule has 0 aliphatic heterocycles. The van der Waals surface area contributed by atoms with Crippen molar-refractivity contribution in [2.45, 2.75) is 13.5 Å². The summed E-state index contributed by atoms with van der Waals surface area (Å²) in [6.45, 7) is 3.90. The van der Waals surface area contributed by atoms with E-state index >= 15 is 0 Å². The SMILES string of the molecule is CN=C(NCCOc1ccc(C)cc1)NCc1ccc(Cl)nc1.I. The molecule has 24 heavy (non-hydrogen) atoms. The zero-order valence-corrected chi connectivity index (χ0v) is 16.8. The summed E-state index contributed by atoms with van der Waals surface area (Å²) in [6.07, 6.45) is 1.74. The Morgan fingerprint density at radius 3 is 2.54 bits per heavy atom. The third-order valence-electron chi connectivity index (χ3n) is 3.16. The van der Waals surface area contributed by atoms with E-state index in [1.807, 2.05) is 30.3 Å². The second-order valence-corrected chi connectivity index (χ2v) is 5.39. The topological polar surface area (TPSA) is 58.5 Å². The summed E-state index contributed by atoms with van der Waals surface area (Å²) >= 11 is 5.76. The average Bonchev–Trinajstić information content (AvgIpc) is 2.57. The van der Waals surface area contributed by atoms with Gasteiger partial charge in [0.2, 0.25) is 0 Å². The second kappa shape index (κ2) is 11.1. The average molecular weight is 461 g/mol. The fraction of sp³-hybridized carbons (Fsp3) is 0.294. The number of guanidine groups is 1. The van der Waals surface area contributed by atoms with Crippen molar-refractivity contribution in [2.75, 3.05) is 20.2 Å². The summed E-state index contributed by atoms with van der Waals surface area (Å²) in [4.78, 5) is 8.21. The number of hydrogen-bond acceptors (Lipinski definition) is 3. The van der Waals surface area contributed by atoms with Gasteiger partial charge in [-0.1, -0.05) is 35.4 Å². The first-order chi connectivity index (χ1) is 11.2. The van der Waals surface area contributed by atoms with Crippen LogP contribution in [0.15, 0.2) is 47.6 Å². The van der Waals surface area contributed by atoms with Crippen LogP contribution in [0.25, 0.3) is 0 Å². The molecule has 7 heteroatoms. The molecule has 0 aliphatic carbocycles. The van der Waals surface area contributed by atoms with Gasteiger partial charge in [-0.15, -0.1) is 24.0 Å². The van der Waals surface area contributed by atoms with E-state index in [2.05, 4.69) is 27.5 Å². The van der Waals surface area contributed by atoms with Crippen molar-refractivity contribution in [3.8, 4) is 5.75 Å². The van der Waals surface area contributed by atoms with E-state index in [1.54, 1.807) is 19.3 Å². The molecule has 0 aliphatic rings. The number of nitrogens with zero attached hydrogens (tertiary/aromatic N) is 2. The molecule has 2 rings (SSSR count). The summed E-state index contributed by atoms with van der Waals surface area (Å²) in [6, 6.07) is 11.7. The van der Waals surface area contributed by atoms with Crippen LogP contribution in [-0.4, -0.2) is 31.1 Å². The Hall–Kier alpha value is -1.54. The van der Waals surface area contributed by atoms with Gasteiger partial charge in [-0.3, -0.25) is 4.99 Å². The van der Waals surface area contributed by atoms with E-state index in [0.29, 0.717) is 30.8 Å². The minimum Gasteiger partial charge on any atom is -0.492 e. The largest absolute Gasteiger partial charge is 0.492 e. The molecule has 0 amide bonds. The molecule has 2 aromatic rings. The minimum atomic E-state index is 0. The zero-order valence-electron chi connectivity index (χ0n) is 13.8. The van der Waals surface area contributed by atoms with Crippen molar-refractivity contribution in [1.29, 1.82) is 0 Å². The number of pyridine rings is 1. The minimum absolute atomic E-state index is 0. The van der Waals surface area contributed by atoms with Gasteiger partial charge in [0.05, 0.1) is 6.54 Å². The number of aryl methyl sites for hydroxylation is 1. The maximum atomic E-state index is 5.76. The molecule has 1 heterocycles. The Bertz CT molecular complexity index is 632. The first kappa shape index (κ1) is 20.5. The summed E-state index contributed by atoms with van der Waals surface area (Å²) < 4.78 is 5.66. The van der Waals surface area contributed by atoms with Gasteiger partial charge in [0.25, 0.3) is 0 Å². The Balaban J connectivity index is 0.00000288. The van der Waals surface area contributed by atoms with Gasteiger partial charge in [-0.2, -0.15) is 0 Å². The third-order valence-corrected chi connectivity index (χ3v) is 3.38. The smallest absolute Gasteiger partial charge is 0.191 e. The number of aliphatic imine (C=N–C) groups is 1. The number of halogens is 2. The van der Waals surface area contributed by atoms with Gasteiger partial charge in [0, 0.05) is 19.8 Å². The van der Waals surface area contributed by atoms with Crippen LogP contribution in [0.5, 0.6) is 5.75 Å². The van der Waals surface area contributed by atoms with E-state index in [4.69, 9.17) is 16.3 Å². The lowest BCUT2D eigenvalue weighted by atomic mass is 10.2. The summed E-state index contributed by atoms with van der Waals surface area (Å²) in [5.74, 6) is 1.58. The Kier molecular flexibility index (Phi) is 9.48. The van der Waals surface area contributed by atoms with Crippen LogP contribution < -0.4 is 15.4 Å². The highest BCUT2D eigenvalue weighted by Gasteiger charge is 1.99. The van der Waals surface area contributed by atoms with Crippen LogP contribution in [-0.2, 0) is 6.54 Å². The molecule has 0 spiro atoms. The lowest BCUT2D eigenvalue weighted by Gasteiger charge is -2.12. The predicted octanol–water partition coefficient (Wildman–Crippen LogP) is 3.41. The molecule has 0 unspecified atom stereocenters. The summed E-state index contributed by atoms with van der Waals surface area (Å²) in [5, 5.41) is 6.90. The zero-order chi connectivity index (χ0) is 16.5. The van der Waals surface area contributed by atoms with E-state index in [0.717, 1.165) is 11.3 Å². The Labute approximate surface area is 164 Å². The van der Waals surface area contributed by atoms with Crippen molar-refractivity contribution in [2.24, 2.45) is 4.99 Å². The number of rotatable bonds is 6. The van der Waals surface area contributed by atoms with E-state index < -0.39 is 0 Å². The highest BCUT2D eigenvalue weighted by Crippen LogP contribution is 2.10. The van der Waals surface area contributed by atoms with Crippen LogP contribution in [0.2, 0.25) is 5.15 Å². The van der Waals surface area contributed by atoms with Gasteiger partial charge >= 0.3 is 0 Å². The van der Waals surface area contributed by atoms with Gasteiger partial charge < -0.3 is 15.4 Å². The number of ether oxygens (including phenoxy) is 1. The van der Waals surface area contributed by atoms with Crippen LogP contribution in [0.3, 0.4) is 0 Å². The first-order valence-electron chi connectivity index (χ1n) is 7.42. The molecule has 130 valence electrons. The molecule has 0 saturated carbocycles. The predicted molar refractivity (Wildman–Crippen MR) is 110 cm³/mol. The monoisotopic (exact) mass is 460 g/mol. The second-order valence-electron chi connectivity index (χ2n) is 5.00. The van der Waals surface area contributed by atoms with Crippen LogP contribution in [0.1, 0.15) is 11.1 Å². The van der Waals surface area contributed by atoms with Crippen LogP contribution in [0.4, 0.5) is 0 Å². The van der Waals surface area contributed by atoms with Gasteiger partial charge in [0.1, 0.15) is 17.5 Å². The molecule has 0 saturated heterocycles. The Morgan fingerprint density at radius 2 is 1.92 bits per heavy atom. The third kappa shape index (κ3) is 7.35. The molecule has 1 aromatic heterocycles. The highest BCUT2D eigenvalue weighted by molar-refractivity contribution is 14.0. The fourth-order valence-electron chi connectivity index (χ4n) is 1.89. The lowest BCUT2D eigenvalue weighted by molar-refractivity contribution is 0.322. The van der Waals surface area contributed by atoms with Crippen molar-refractivity contribution in [1.82, 2.24) is 15.6 Å². The molecule has 2 N–H and O–H groups in total. The lowest BCUT2D eigenvalue weighted by Crippen LogP contribution is -2.38. The van der Waals surface area contributed by atoms with Gasteiger partial charge in [-0.25, -0.2) is 4.98 Å². The van der Waals surface area contributed by atoms with Crippen molar-refractivity contribution in [3.63, 3.8) is 0 Å². The molecular formula is C17H22ClIN4O. The summed E-state index contributed by atoms with van der Waals surface area (Å²) in [7, 11) is 1.73. The molecular weight excluding hydrogens is 439 g/mol. The number of aromatic nitrogens is 1. The van der Waals surface area contributed by atoms with Crippen LogP contribution >= 0.6 is 35.6 Å². The van der Waals surface area contributed by atoms with Crippen molar-refractivity contribution in [3.05, 3.63) is 58.9 Å². The number of hydrogen-bond donors (Lipinski definition) is 2.